The third-order valence-corrected chi connectivity index (χ3v) is 7.02. The SMILES string of the molecule is O=C(O)[C@@H]1[C@@H](CC2CCNCC2)C(=O)N1C(=O)N1CCN(C(=O)Cc2ccc(O)c(O)c2)CC1. The molecule has 3 fully saturated rings. The Morgan fingerprint density at radius 3 is 2.24 bits per heavy atom. The number of carbonyl (C=O) groups excluding carboxylic acids is 3. The molecule has 0 saturated carbocycles. The molecule has 1 aromatic rings. The molecule has 0 spiro atoms. The minimum atomic E-state index is -1.17. The molecular formula is C23H30N4O7. The van der Waals surface area contributed by atoms with Gasteiger partial charge in [-0.2, -0.15) is 0 Å². The van der Waals surface area contributed by atoms with Crippen LogP contribution >= 0.6 is 0 Å². The summed E-state index contributed by atoms with van der Waals surface area (Å²) in [5.74, 6) is -2.75. The van der Waals surface area contributed by atoms with Crippen LogP contribution in [0.15, 0.2) is 18.2 Å². The Bertz CT molecular complexity index is 970. The number of piperidine rings is 1. The first kappa shape index (κ1) is 23.8. The van der Waals surface area contributed by atoms with Crippen molar-refractivity contribution in [1.29, 1.82) is 0 Å². The van der Waals surface area contributed by atoms with Crippen LogP contribution in [0.5, 0.6) is 11.5 Å². The molecule has 3 aliphatic heterocycles. The fourth-order valence-electron chi connectivity index (χ4n) is 5.02. The van der Waals surface area contributed by atoms with Crippen LogP contribution in [0.1, 0.15) is 24.8 Å². The number of hydrogen-bond acceptors (Lipinski definition) is 7. The zero-order chi connectivity index (χ0) is 24.4. The first-order chi connectivity index (χ1) is 16.3. The van der Waals surface area contributed by atoms with Crippen molar-refractivity contribution in [3.05, 3.63) is 23.8 Å². The molecule has 0 aliphatic carbocycles. The van der Waals surface area contributed by atoms with Gasteiger partial charge in [0.25, 0.3) is 0 Å². The number of likely N-dealkylation sites (tertiary alicyclic amines) is 1. The van der Waals surface area contributed by atoms with Gasteiger partial charge in [-0.25, -0.2) is 14.5 Å². The van der Waals surface area contributed by atoms with Gasteiger partial charge in [-0.15, -0.1) is 0 Å². The van der Waals surface area contributed by atoms with E-state index in [0.717, 1.165) is 30.8 Å². The number of carbonyl (C=O) groups is 4. The molecule has 4 rings (SSSR count). The number of imide groups is 1. The smallest absolute Gasteiger partial charge is 0.327 e. The van der Waals surface area contributed by atoms with Gasteiger partial charge in [-0.05, 0) is 56.0 Å². The van der Waals surface area contributed by atoms with E-state index in [1.165, 1.54) is 17.0 Å². The van der Waals surface area contributed by atoms with E-state index in [1.54, 1.807) is 11.0 Å². The van der Waals surface area contributed by atoms with Crippen LogP contribution in [0.4, 0.5) is 4.79 Å². The van der Waals surface area contributed by atoms with E-state index in [2.05, 4.69) is 5.32 Å². The summed E-state index contributed by atoms with van der Waals surface area (Å²) >= 11 is 0. The van der Waals surface area contributed by atoms with Crippen LogP contribution in [0, 0.1) is 11.8 Å². The van der Waals surface area contributed by atoms with Crippen molar-refractivity contribution in [2.75, 3.05) is 39.3 Å². The maximum absolute atomic E-state index is 13.0. The second kappa shape index (κ2) is 9.88. The molecule has 4 N–H and O–H groups in total. The fourth-order valence-corrected chi connectivity index (χ4v) is 5.02. The molecule has 0 bridgehead atoms. The van der Waals surface area contributed by atoms with Gasteiger partial charge in [0, 0.05) is 26.2 Å². The van der Waals surface area contributed by atoms with Crippen LogP contribution in [-0.2, 0) is 20.8 Å². The Morgan fingerprint density at radius 1 is 0.971 bits per heavy atom. The van der Waals surface area contributed by atoms with Crippen molar-refractivity contribution in [2.24, 2.45) is 11.8 Å². The molecular weight excluding hydrogens is 444 g/mol. The van der Waals surface area contributed by atoms with Gasteiger partial charge in [-0.3, -0.25) is 9.59 Å². The largest absolute Gasteiger partial charge is 0.504 e. The second-order valence-electron chi connectivity index (χ2n) is 9.18. The number of hydrogen-bond donors (Lipinski definition) is 4. The second-order valence-corrected chi connectivity index (χ2v) is 9.18. The number of rotatable bonds is 5. The Balaban J connectivity index is 1.31. The lowest BCUT2D eigenvalue weighted by atomic mass is 9.78. The van der Waals surface area contributed by atoms with E-state index in [0.29, 0.717) is 12.0 Å². The lowest BCUT2D eigenvalue weighted by molar-refractivity contribution is -0.167. The summed E-state index contributed by atoms with van der Waals surface area (Å²) in [5, 5.41) is 31.9. The number of urea groups is 1. The normalized spacial score (nSPS) is 23.5. The van der Waals surface area contributed by atoms with Crippen LogP contribution in [0.3, 0.4) is 0 Å². The molecule has 11 heteroatoms. The molecule has 184 valence electrons. The van der Waals surface area contributed by atoms with Gasteiger partial charge in [0.2, 0.25) is 11.8 Å². The van der Waals surface area contributed by atoms with E-state index in [1.807, 2.05) is 0 Å². The van der Waals surface area contributed by atoms with Crippen LogP contribution in [0.25, 0.3) is 0 Å². The van der Waals surface area contributed by atoms with E-state index >= 15 is 0 Å². The summed E-state index contributed by atoms with van der Waals surface area (Å²) in [4.78, 5) is 54.1. The number of β-lactam (4-membered cyclic amide) rings is 1. The van der Waals surface area contributed by atoms with Crippen molar-refractivity contribution >= 4 is 23.8 Å². The number of phenols is 2. The highest BCUT2D eigenvalue weighted by Gasteiger charge is 2.56. The molecule has 3 saturated heterocycles. The molecule has 4 amide bonds. The minimum Gasteiger partial charge on any atom is -0.504 e. The van der Waals surface area contributed by atoms with Crippen molar-refractivity contribution < 1.29 is 34.5 Å². The molecule has 1 aromatic carbocycles. The Morgan fingerprint density at radius 2 is 1.62 bits per heavy atom. The molecule has 2 atom stereocenters. The van der Waals surface area contributed by atoms with E-state index in [9.17, 15) is 34.5 Å². The lowest BCUT2D eigenvalue weighted by Crippen LogP contribution is -2.69. The molecule has 34 heavy (non-hydrogen) atoms. The lowest BCUT2D eigenvalue weighted by Gasteiger charge is -2.47. The molecule has 0 unspecified atom stereocenters. The van der Waals surface area contributed by atoms with Crippen molar-refractivity contribution in [3.8, 4) is 11.5 Å². The van der Waals surface area contributed by atoms with Gasteiger partial charge < -0.3 is 30.4 Å². The monoisotopic (exact) mass is 474 g/mol. The molecule has 0 radical (unpaired) electrons. The number of phenolic OH excluding ortho intramolecular Hbond substituents is 2. The summed E-state index contributed by atoms with van der Waals surface area (Å²) in [6, 6.07) is 2.44. The molecule has 0 aromatic heterocycles. The number of nitrogens with one attached hydrogen (secondary N) is 1. The van der Waals surface area contributed by atoms with Gasteiger partial charge in [0.1, 0.15) is 0 Å². The maximum atomic E-state index is 13.0. The number of aliphatic carboxylic acids is 1. The van der Waals surface area contributed by atoms with Crippen LogP contribution in [0.2, 0.25) is 0 Å². The van der Waals surface area contributed by atoms with Gasteiger partial charge in [0.15, 0.2) is 17.5 Å². The summed E-state index contributed by atoms with van der Waals surface area (Å²) < 4.78 is 0. The summed E-state index contributed by atoms with van der Waals surface area (Å²) in [5.41, 5.74) is 0.550. The van der Waals surface area contributed by atoms with Gasteiger partial charge >= 0.3 is 12.0 Å². The average molecular weight is 475 g/mol. The molecule has 11 nitrogen and oxygen atoms in total. The number of amides is 4. The minimum absolute atomic E-state index is 0.0336. The van der Waals surface area contributed by atoms with Crippen LogP contribution in [-0.4, -0.2) is 99.1 Å². The van der Waals surface area contributed by atoms with Crippen molar-refractivity contribution in [2.45, 2.75) is 31.7 Å². The third-order valence-electron chi connectivity index (χ3n) is 7.02. The van der Waals surface area contributed by atoms with E-state index < -0.39 is 29.9 Å². The highest BCUT2D eigenvalue weighted by molar-refractivity contribution is 6.07. The number of piperazine rings is 1. The fraction of sp³-hybridized carbons (Fsp3) is 0.565. The first-order valence-electron chi connectivity index (χ1n) is 11.6. The number of aromatic hydroxyl groups is 2. The predicted molar refractivity (Wildman–Crippen MR) is 119 cm³/mol. The highest BCUT2D eigenvalue weighted by atomic mass is 16.4. The Kier molecular flexibility index (Phi) is 6.92. The maximum Gasteiger partial charge on any atom is 0.327 e. The quantitative estimate of drug-likeness (QED) is 0.349. The summed E-state index contributed by atoms with van der Waals surface area (Å²) in [7, 11) is 0. The number of carboxylic acids is 1. The number of benzene rings is 1. The zero-order valence-corrected chi connectivity index (χ0v) is 18.9. The highest BCUT2D eigenvalue weighted by Crippen LogP contribution is 2.35. The van der Waals surface area contributed by atoms with Gasteiger partial charge in [0.05, 0.1) is 12.3 Å². The standard InChI is InChI=1S/C23H30N4O7/c28-17-2-1-15(12-18(17)29)13-19(30)25-7-9-26(10-8-25)23(34)27-20(22(32)33)16(21(27)31)11-14-3-5-24-6-4-14/h1-2,12,14,16,20,24,28-29H,3-11,13H2,(H,32,33)/t16-,20+/m1/s1. The van der Waals surface area contributed by atoms with Crippen molar-refractivity contribution in [3.63, 3.8) is 0 Å². The predicted octanol–water partition coefficient (Wildman–Crippen LogP) is 0.206. The Labute approximate surface area is 196 Å². The first-order valence-corrected chi connectivity index (χ1v) is 11.6. The van der Waals surface area contributed by atoms with E-state index in [-0.39, 0.29) is 55.9 Å². The zero-order valence-electron chi connectivity index (χ0n) is 18.9. The Hall–Kier alpha value is -3.34. The van der Waals surface area contributed by atoms with E-state index in [4.69, 9.17) is 0 Å². The summed E-state index contributed by atoms with van der Waals surface area (Å²) in [6.07, 6.45) is 2.30. The third kappa shape index (κ3) is 4.79. The average Bonchev–Trinajstić information content (AvgIpc) is 2.83. The van der Waals surface area contributed by atoms with Crippen LogP contribution < -0.4 is 5.32 Å². The van der Waals surface area contributed by atoms with Gasteiger partial charge in [-0.1, -0.05) is 6.07 Å². The molecule has 3 aliphatic rings. The molecule has 3 heterocycles. The number of nitrogens with zero attached hydrogens (tertiary/aromatic N) is 3. The topological polar surface area (TPSA) is 151 Å². The number of carboxylic acid groups (broad SMARTS) is 1. The summed E-state index contributed by atoms with van der Waals surface area (Å²) in [6.45, 7) is 2.60. The van der Waals surface area contributed by atoms with Crippen molar-refractivity contribution in [1.82, 2.24) is 20.0 Å².